The molecule has 0 unspecified atom stereocenters. The SMILES string of the molecule is Cc1ccc2cc(C(=O)NC(C)C)n(CCC(C)C)c(=O)c2c1. The number of aromatic nitrogens is 1. The van der Waals surface area contributed by atoms with E-state index in [9.17, 15) is 9.59 Å². The van der Waals surface area contributed by atoms with E-state index in [0.717, 1.165) is 17.4 Å². The fourth-order valence-corrected chi connectivity index (χ4v) is 2.59. The summed E-state index contributed by atoms with van der Waals surface area (Å²) in [6.45, 7) is 10.6. The van der Waals surface area contributed by atoms with Gasteiger partial charge in [-0.25, -0.2) is 0 Å². The fourth-order valence-electron chi connectivity index (χ4n) is 2.59. The van der Waals surface area contributed by atoms with Gasteiger partial charge in [-0.15, -0.1) is 0 Å². The van der Waals surface area contributed by atoms with Gasteiger partial charge >= 0.3 is 0 Å². The molecule has 2 rings (SSSR count). The van der Waals surface area contributed by atoms with Crippen molar-refractivity contribution in [3.63, 3.8) is 0 Å². The van der Waals surface area contributed by atoms with E-state index < -0.39 is 0 Å². The Bertz CT molecular complexity index is 773. The van der Waals surface area contributed by atoms with Gasteiger partial charge in [0.1, 0.15) is 5.69 Å². The molecule has 0 saturated carbocycles. The minimum Gasteiger partial charge on any atom is -0.349 e. The fraction of sp³-hybridized carbons (Fsp3) is 0.474. The Morgan fingerprint density at radius 3 is 2.48 bits per heavy atom. The summed E-state index contributed by atoms with van der Waals surface area (Å²) in [5.74, 6) is 0.277. The van der Waals surface area contributed by atoms with Crippen LogP contribution in [0.25, 0.3) is 10.8 Å². The average molecular weight is 314 g/mol. The summed E-state index contributed by atoms with van der Waals surface area (Å²) in [5.41, 5.74) is 1.41. The molecule has 23 heavy (non-hydrogen) atoms. The highest BCUT2D eigenvalue weighted by molar-refractivity contribution is 5.96. The number of nitrogens with one attached hydrogen (secondary N) is 1. The topological polar surface area (TPSA) is 51.1 Å². The maximum atomic E-state index is 12.9. The summed E-state index contributed by atoms with van der Waals surface area (Å²) in [5, 5.41) is 4.38. The lowest BCUT2D eigenvalue weighted by molar-refractivity contribution is 0.0932. The van der Waals surface area contributed by atoms with Crippen LogP contribution >= 0.6 is 0 Å². The Morgan fingerprint density at radius 2 is 1.87 bits per heavy atom. The van der Waals surface area contributed by atoms with E-state index in [-0.39, 0.29) is 17.5 Å². The molecule has 1 aromatic carbocycles. The van der Waals surface area contributed by atoms with Crippen molar-refractivity contribution >= 4 is 16.7 Å². The molecule has 0 aliphatic carbocycles. The van der Waals surface area contributed by atoms with Crippen molar-refractivity contribution in [2.75, 3.05) is 0 Å². The van der Waals surface area contributed by atoms with Crippen molar-refractivity contribution in [3.8, 4) is 0 Å². The van der Waals surface area contributed by atoms with Gasteiger partial charge in [0.05, 0.1) is 0 Å². The number of hydrogen-bond acceptors (Lipinski definition) is 2. The molecular weight excluding hydrogens is 288 g/mol. The molecule has 0 atom stereocenters. The van der Waals surface area contributed by atoms with E-state index in [1.165, 1.54) is 0 Å². The van der Waals surface area contributed by atoms with E-state index in [1.807, 2.05) is 45.0 Å². The lowest BCUT2D eigenvalue weighted by atomic mass is 10.1. The molecule has 124 valence electrons. The molecular formula is C19H26N2O2. The Balaban J connectivity index is 2.62. The van der Waals surface area contributed by atoms with Crippen LogP contribution in [0.15, 0.2) is 29.1 Å². The zero-order valence-corrected chi connectivity index (χ0v) is 14.6. The normalized spacial score (nSPS) is 11.4. The van der Waals surface area contributed by atoms with Gasteiger partial charge in [0.25, 0.3) is 11.5 Å². The molecule has 0 aliphatic heterocycles. The van der Waals surface area contributed by atoms with E-state index >= 15 is 0 Å². The summed E-state index contributed by atoms with van der Waals surface area (Å²) in [7, 11) is 0. The molecule has 0 bridgehead atoms. The van der Waals surface area contributed by atoms with E-state index in [1.54, 1.807) is 4.57 Å². The molecule has 0 radical (unpaired) electrons. The zero-order valence-electron chi connectivity index (χ0n) is 14.6. The van der Waals surface area contributed by atoms with Crippen molar-refractivity contribution in [1.82, 2.24) is 9.88 Å². The first kappa shape index (κ1) is 17.3. The number of pyridine rings is 1. The van der Waals surface area contributed by atoms with Crippen LogP contribution in [0.1, 0.15) is 50.2 Å². The molecule has 2 aromatic rings. The summed E-state index contributed by atoms with van der Waals surface area (Å²) < 4.78 is 1.62. The smallest absolute Gasteiger partial charge is 0.268 e. The second-order valence-corrected chi connectivity index (χ2v) is 6.89. The highest BCUT2D eigenvalue weighted by Gasteiger charge is 2.16. The third-order valence-corrected chi connectivity index (χ3v) is 3.85. The van der Waals surface area contributed by atoms with Crippen molar-refractivity contribution in [3.05, 3.63) is 45.9 Å². The number of aryl methyl sites for hydroxylation is 1. The van der Waals surface area contributed by atoms with Gasteiger partial charge in [-0.2, -0.15) is 0 Å². The Hall–Kier alpha value is -2.10. The van der Waals surface area contributed by atoms with Gasteiger partial charge in [0, 0.05) is 18.0 Å². The molecule has 1 aromatic heterocycles. The molecule has 4 heteroatoms. The summed E-state index contributed by atoms with van der Waals surface area (Å²) in [4.78, 5) is 25.4. The Labute approximate surface area is 137 Å². The van der Waals surface area contributed by atoms with Crippen LogP contribution in [-0.2, 0) is 6.54 Å². The predicted molar refractivity (Wildman–Crippen MR) is 95.0 cm³/mol. The average Bonchev–Trinajstić information content (AvgIpc) is 2.45. The first-order chi connectivity index (χ1) is 10.8. The van der Waals surface area contributed by atoms with Crippen molar-refractivity contribution in [2.24, 2.45) is 5.92 Å². The highest BCUT2D eigenvalue weighted by atomic mass is 16.2. The van der Waals surface area contributed by atoms with Crippen molar-refractivity contribution < 1.29 is 4.79 Å². The number of rotatable bonds is 5. The first-order valence-corrected chi connectivity index (χ1v) is 8.24. The van der Waals surface area contributed by atoms with Crippen LogP contribution in [0.2, 0.25) is 0 Å². The highest BCUT2D eigenvalue weighted by Crippen LogP contribution is 2.16. The summed E-state index contributed by atoms with van der Waals surface area (Å²) in [6, 6.07) is 7.63. The maximum absolute atomic E-state index is 12.9. The quantitative estimate of drug-likeness (QED) is 0.918. The van der Waals surface area contributed by atoms with Gasteiger partial charge in [-0.1, -0.05) is 31.5 Å². The minimum absolute atomic E-state index is 0.0323. The number of amides is 1. The van der Waals surface area contributed by atoms with Crippen LogP contribution < -0.4 is 10.9 Å². The molecule has 4 nitrogen and oxygen atoms in total. The number of nitrogens with zero attached hydrogens (tertiary/aromatic N) is 1. The van der Waals surface area contributed by atoms with Crippen LogP contribution in [0, 0.1) is 12.8 Å². The molecule has 0 saturated heterocycles. The molecule has 1 heterocycles. The lowest BCUT2D eigenvalue weighted by Crippen LogP contribution is -2.36. The first-order valence-electron chi connectivity index (χ1n) is 8.24. The van der Waals surface area contributed by atoms with Crippen LogP contribution in [-0.4, -0.2) is 16.5 Å². The third-order valence-electron chi connectivity index (χ3n) is 3.85. The molecule has 1 N–H and O–H groups in total. The standard InChI is InChI=1S/C19H26N2O2/c1-12(2)8-9-21-17(18(22)20-13(3)4)11-15-7-6-14(5)10-16(15)19(21)23/h6-7,10-13H,8-9H2,1-5H3,(H,20,22). The molecule has 0 spiro atoms. The van der Waals surface area contributed by atoms with Crippen LogP contribution in [0.3, 0.4) is 0 Å². The van der Waals surface area contributed by atoms with Crippen molar-refractivity contribution in [2.45, 2.75) is 53.6 Å². The second-order valence-electron chi connectivity index (χ2n) is 6.89. The predicted octanol–water partition coefficient (Wildman–Crippen LogP) is 3.49. The number of carbonyl (C=O) groups is 1. The van der Waals surface area contributed by atoms with Gasteiger partial charge in [0.2, 0.25) is 0 Å². The van der Waals surface area contributed by atoms with Gasteiger partial charge in [0.15, 0.2) is 0 Å². The van der Waals surface area contributed by atoms with E-state index in [0.29, 0.717) is 23.5 Å². The van der Waals surface area contributed by atoms with Crippen molar-refractivity contribution in [1.29, 1.82) is 0 Å². The maximum Gasteiger partial charge on any atom is 0.268 e. The molecule has 0 fully saturated rings. The van der Waals surface area contributed by atoms with Gasteiger partial charge in [-0.05, 0) is 50.6 Å². The van der Waals surface area contributed by atoms with E-state index in [2.05, 4.69) is 19.2 Å². The van der Waals surface area contributed by atoms with Gasteiger partial charge in [-0.3, -0.25) is 9.59 Å². The monoisotopic (exact) mass is 314 g/mol. The van der Waals surface area contributed by atoms with Crippen LogP contribution in [0.4, 0.5) is 0 Å². The second kappa shape index (κ2) is 6.99. The van der Waals surface area contributed by atoms with Crippen LogP contribution in [0.5, 0.6) is 0 Å². The number of carbonyl (C=O) groups excluding carboxylic acids is 1. The number of fused-ring (bicyclic) bond motifs is 1. The minimum atomic E-state index is -0.191. The lowest BCUT2D eigenvalue weighted by Gasteiger charge is -2.17. The third kappa shape index (κ3) is 4.01. The molecule has 1 amide bonds. The number of hydrogen-bond donors (Lipinski definition) is 1. The Kier molecular flexibility index (Phi) is 5.24. The molecule has 0 aliphatic rings. The number of benzene rings is 1. The van der Waals surface area contributed by atoms with E-state index in [4.69, 9.17) is 0 Å². The largest absolute Gasteiger partial charge is 0.349 e. The Morgan fingerprint density at radius 1 is 1.17 bits per heavy atom. The zero-order chi connectivity index (χ0) is 17.1. The van der Waals surface area contributed by atoms with Gasteiger partial charge < -0.3 is 9.88 Å². The summed E-state index contributed by atoms with van der Waals surface area (Å²) >= 11 is 0. The summed E-state index contributed by atoms with van der Waals surface area (Å²) in [6.07, 6.45) is 0.860.